The van der Waals surface area contributed by atoms with E-state index in [1.54, 1.807) is 12.1 Å². The number of hydrogen-bond donors (Lipinski definition) is 1. The molecule has 1 N–H and O–H groups in total. The van der Waals surface area contributed by atoms with Crippen LogP contribution in [0.1, 0.15) is 0 Å². The van der Waals surface area contributed by atoms with E-state index in [4.69, 9.17) is 0 Å². The SMILES string of the molecule is C=CN=C(N=C)Nc1cccc([N+](=O)[O-])c1. The number of benzene rings is 1. The first-order valence-electron chi connectivity index (χ1n) is 4.34. The Labute approximate surface area is 92.2 Å². The molecule has 0 heterocycles. The summed E-state index contributed by atoms with van der Waals surface area (Å²) in [5, 5.41) is 13.3. The maximum Gasteiger partial charge on any atom is 0.271 e. The van der Waals surface area contributed by atoms with Crippen molar-refractivity contribution in [1.29, 1.82) is 0 Å². The first-order chi connectivity index (χ1) is 7.67. The Kier molecular flexibility index (Phi) is 3.90. The zero-order valence-electron chi connectivity index (χ0n) is 8.46. The van der Waals surface area contributed by atoms with Gasteiger partial charge in [-0.15, -0.1) is 0 Å². The largest absolute Gasteiger partial charge is 0.324 e. The maximum absolute atomic E-state index is 10.5. The van der Waals surface area contributed by atoms with Crippen molar-refractivity contribution < 1.29 is 4.92 Å². The van der Waals surface area contributed by atoms with E-state index in [9.17, 15) is 10.1 Å². The standard InChI is InChI=1S/C10H10N4O2/c1-3-12-10(11-2)13-8-5-4-6-9(7-8)14(15)16/h3-7H,1-2H2,(H,12,13). The number of nitro benzene ring substituents is 1. The monoisotopic (exact) mass is 218 g/mol. The van der Waals surface area contributed by atoms with Crippen LogP contribution >= 0.6 is 0 Å². The van der Waals surface area contributed by atoms with Gasteiger partial charge in [0.25, 0.3) is 5.69 Å². The molecule has 0 aliphatic rings. The number of rotatable bonds is 3. The highest BCUT2D eigenvalue weighted by atomic mass is 16.6. The fraction of sp³-hybridized carbons (Fsp3) is 0. The quantitative estimate of drug-likeness (QED) is 0.365. The van der Waals surface area contributed by atoms with Gasteiger partial charge in [0.05, 0.1) is 4.92 Å². The summed E-state index contributed by atoms with van der Waals surface area (Å²) in [6, 6.07) is 6.01. The molecule has 6 nitrogen and oxygen atoms in total. The number of hydrogen-bond acceptors (Lipinski definition) is 3. The summed E-state index contributed by atoms with van der Waals surface area (Å²) in [4.78, 5) is 17.4. The molecule has 0 aromatic heterocycles. The molecule has 0 spiro atoms. The predicted molar refractivity (Wildman–Crippen MR) is 63.9 cm³/mol. The van der Waals surface area contributed by atoms with Gasteiger partial charge in [0.1, 0.15) is 0 Å². The Morgan fingerprint density at radius 3 is 2.88 bits per heavy atom. The normalized spacial score (nSPS) is 10.6. The molecule has 0 aliphatic heterocycles. The van der Waals surface area contributed by atoms with E-state index in [1.165, 1.54) is 18.3 Å². The second-order valence-electron chi connectivity index (χ2n) is 2.73. The smallest absolute Gasteiger partial charge is 0.271 e. The van der Waals surface area contributed by atoms with Gasteiger partial charge in [-0.2, -0.15) is 0 Å². The number of aliphatic imine (C=N–C) groups is 2. The van der Waals surface area contributed by atoms with Crippen LogP contribution in [0, 0.1) is 10.1 Å². The number of nitrogens with zero attached hydrogens (tertiary/aromatic N) is 3. The molecule has 0 fully saturated rings. The third-order valence-electron chi connectivity index (χ3n) is 1.68. The molecule has 1 rings (SSSR count). The van der Waals surface area contributed by atoms with Crippen molar-refractivity contribution >= 4 is 24.1 Å². The Bertz CT molecular complexity index is 454. The van der Waals surface area contributed by atoms with Gasteiger partial charge in [-0.1, -0.05) is 12.6 Å². The average molecular weight is 218 g/mol. The van der Waals surface area contributed by atoms with E-state index in [0.717, 1.165) is 0 Å². The third-order valence-corrected chi connectivity index (χ3v) is 1.68. The van der Waals surface area contributed by atoms with Crippen LogP contribution in [0.4, 0.5) is 11.4 Å². The van der Waals surface area contributed by atoms with Crippen molar-refractivity contribution in [3.63, 3.8) is 0 Å². The summed E-state index contributed by atoms with van der Waals surface area (Å²) >= 11 is 0. The van der Waals surface area contributed by atoms with Gasteiger partial charge in [-0.3, -0.25) is 10.1 Å². The molecule has 6 heteroatoms. The summed E-state index contributed by atoms with van der Waals surface area (Å²) in [7, 11) is 0. The molecule has 0 saturated heterocycles. The lowest BCUT2D eigenvalue weighted by atomic mass is 10.3. The average Bonchev–Trinajstić information content (AvgIpc) is 2.29. The van der Waals surface area contributed by atoms with Gasteiger partial charge in [0, 0.05) is 24.0 Å². The van der Waals surface area contributed by atoms with Gasteiger partial charge in [-0.25, -0.2) is 9.98 Å². The fourth-order valence-electron chi connectivity index (χ4n) is 1.03. The number of nitro groups is 1. The molecule has 16 heavy (non-hydrogen) atoms. The predicted octanol–water partition coefficient (Wildman–Crippen LogP) is 2.21. The Morgan fingerprint density at radius 1 is 1.56 bits per heavy atom. The number of non-ortho nitro benzene ring substituents is 1. The zero-order chi connectivity index (χ0) is 12.0. The molecule has 0 aliphatic carbocycles. The Morgan fingerprint density at radius 2 is 2.31 bits per heavy atom. The summed E-state index contributed by atoms with van der Waals surface area (Å²) in [6.45, 7) is 6.72. The first-order valence-corrected chi connectivity index (χ1v) is 4.34. The lowest BCUT2D eigenvalue weighted by Crippen LogP contribution is -2.08. The van der Waals surface area contributed by atoms with E-state index >= 15 is 0 Å². The molecule has 0 amide bonds. The van der Waals surface area contributed by atoms with Gasteiger partial charge >= 0.3 is 0 Å². The summed E-state index contributed by atoms with van der Waals surface area (Å²) in [6.07, 6.45) is 1.30. The van der Waals surface area contributed by atoms with E-state index in [2.05, 4.69) is 28.6 Å². The molecule has 1 aromatic carbocycles. The minimum absolute atomic E-state index is 0.00739. The van der Waals surface area contributed by atoms with Crippen LogP contribution in [-0.2, 0) is 0 Å². The molecular formula is C10H10N4O2. The molecular weight excluding hydrogens is 208 g/mol. The van der Waals surface area contributed by atoms with E-state index in [-0.39, 0.29) is 11.6 Å². The Balaban J connectivity index is 2.92. The number of nitrogens with one attached hydrogen (secondary N) is 1. The van der Waals surface area contributed by atoms with Crippen molar-refractivity contribution in [2.75, 3.05) is 5.32 Å². The van der Waals surface area contributed by atoms with Crippen LogP contribution < -0.4 is 5.32 Å². The third kappa shape index (κ3) is 3.02. The van der Waals surface area contributed by atoms with Crippen LogP contribution in [0.25, 0.3) is 0 Å². The summed E-state index contributed by atoms with van der Waals surface area (Å²) in [5.74, 6) is 0.232. The second kappa shape index (κ2) is 5.40. The molecule has 0 bridgehead atoms. The van der Waals surface area contributed by atoms with Crippen LogP contribution in [0.3, 0.4) is 0 Å². The fourth-order valence-corrected chi connectivity index (χ4v) is 1.03. The van der Waals surface area contributed by atoms with Crippen molar-refractivity contribution in [3.8, 4) is 0 Å². The van der Waals surface area contributed by atoms with E-state index < -0.39 is 4.92 Å². The summed E-state index contributed by atoms with van der Waals surface area (Å²) in [5.41, 5.74) is 0.509. The minimum atomic E-state index is -0.475. The molecule has 0 atom stereocenters. The van der Waals surface area contributed by atoms with Crippen LogP contribution in [0.5, 0.6) is 0 Å². The summed E-state index contributed by atoms with van der Waals surface area (Å²) < 4.78 is 0. The number of anilines is 1. The minimum Gasteiger partial charge on any atom is -0.324 e. The van der Waals surface area contributed by atoms with Crippen molar-refractivity contribution in [3.05, 3.63) is 47.2 Å². The first kappa shape index (κ1) is 11.6. The maximum atomic E-state index is 10.5. The highest BCUT2D eigenvalue weighted by Gasteiger charge is 2.05. The van der Waals surface area contributed by atoms with E-state index in [1.807, 2.05) is 0 Å². The zero-order valence-corrected chi connectivity index (χ0v) is 8.46. The lowest BCUT2D eigenvalue weighted by Gasteiger charge is -2.03. The molecule has 1 aromatic rings. The highest BCUT2D eigenvalue weighted by Crippen LogP contribution is 2.16. The number of guanidine groups is 1. The molecule has 0 saturated carbocycles. The highest BCUT2D eigenvalue weighted by molar-refractivity contribution is 5.96. The van der Waals surface area contributed by atoms with Crippen molar-refractivity contribution in [2.45, 2.75) is 0 Å². The van der Waals surface area contributed by atoms with Crippen molar-refractivity contribution in [1.82, 2.24) is 0 Å². The molecule has 82 valence electrons. The topological polar surface area (TPSA) is 79.9 Å². The second-order valence-corrected chi connectivity index (χ2v) is 2.73. The van der Waals surface area contributed by atoms with Gasteiger partial charge < -0.3 is 5.32 Å². The van der Waals surface area contributed by atoms with Gasteiger partial charge in [-0.05, 0) is 12.8 Å². The Hall–Kier alpha value is -2.50. The van der Waals surface area contributed by atoms with Gasteiger partial charge in [0.15, 0.2) is 0 Å². The van der Waals surface area contributed by atoms with Crippen LogP contribution in [0.2, 0.25) is 0 Å². The van der Waals surface area contributed by atoms with Crippen molar-refractivity contribution in [2.24, 2.45) is 9.98 Å². The molecule has 0 unspecified atom stereocenters. The van der Waals surface area contributed by atoms with E-state index in [0.29, 0.717) is 5.69 Å². The van der Waals surface area contributed by atoms with Gasteiger partial charge in [0.2, 0.25) is 5.96 Å². The molecule has 0 radical (unpaired) electrons. The lowest BCUT2D eigenvalue weighted by molar-refractivity contribution is -0.384. The van der Waals surface area contributed by atoms with Crippen LogP contribution in [0.15, 0.2) is 47.0 Å². The van der Waals surface area contributed by atoms with Crippen LogP contribution in [-0.4, -0.2) is 17.6 Å².